The lowest BCUT2D eigenvalue weighted by Crippen LogP contribution is -2.71. The quantitative estimate of drug-likeness (QED) is 0.290. The molecule has 1 aliphatic carbocycles. The summed E-state index contributed by atoms with van der Waals surface area (Å²) in [5, 5.41) is 16.6. The number of piperidine rings is 1. The van der Waals surface area contributed by atoms with Crippen LogP contribution < -0.4 is 5.32 Å². The number of aromatic amines is 1. The maximum Gasteiger partial charge on any atom is 0.281 e. The summed E-state index contributed by atoms with van der Waals surface area (Å²) in [5.74, 6) is -3.80. The molecule has 3 amide bonds. The van der Waals surface area contributed by atoms with E-state index in [2.05, 4.69) is 46.6 Å². The molecule has 8 rings (SSSR count). The van der Waals surface area contributed by atoms with Crippen LogP contribution in [0.5, 0.6) is 0 Å². The van der Waals surface area contributed by atoms with Crippen LogP contribution in [0.25, 0.3) is 10.9 Å². The third kappa shape index (κ3) is 5.70. The number of nitrogens with zero attached hydrogens (tertiary/aromatic N) is 3. The van der Waals surface area contributed by atoms with Crippen molar-refractivity contribution in [2.45, 2.75) is 81.6 Å². The van der Waals surface area contributed by atoms with E-state index in [1.807, 2.05) is 44.2 Å². The van der Waals surface area contributed by atoms with Crippen molar-refractivity contribution in [2.75, 3.05) is 26.4 Å². The molecule has 268 valence electrons. The Bertz CT molecular complexity index is 1930. The molecule has 50 heavy (non-hydrogen) atoms. The highest BCUT2D eigenvalue weighted by Crippen LogP contribution is 2.49. The molecule has 3 aromatic rings. The van der Waals surface area contributed by atoms with Gasteiger partial charge >= 0.3 is 0 Å². The van der Waals surface area contributed by atoms with E-state index in [0.29, 0.717) is 38.6 Å². The van der Waals surface area contributed by atoms with Crippen LogP contribution in [0.4, 0.5) is 0 Å². The van der Waals surface area contributed by atoms with Crippen LogP contribution in [0.1, 0.15) is 55.7 Å². The highest BCUT2D eigenvalue weighted by molar-refractivity contribution is 7.85. The van der Waals surface area contributed by atoms with Gasteiger partial charge in [-0.3, -0.25) is 28.6 Å². The van der Waals surface area contributed by atoms with Crippen molar-refractivity contribution in [3.63, 3.8) is 0 Å². The van der Waals surface area contributed by atoms with Crippen molar-refractivity contribution in [3.05, 3.63) is 71.4 Å². The van der Waals surface area contributed by atoms with Crippen LogP contribution in [0, 0.1) is 11.8 Å². The number of benzene rings is 2. The molecule has 0 spiro atoms. The van der Waals surface area contributed by atoms with E-state index in [9.17, 15) is 27.9 Å². The molecule has 4 fully saturated rings. The van der Waals surface area contributed by atoms with Crippen LogP contribution in [0.3, 0.4) is 0 Å². The Hall–Kier alpha value is -3.82. The Kier molecular flexibility index (Phi) is 8.62. The SMILES string of the molecule is CC(C)[C@]1(NC(=O)[C@H]2C[C@H]3c4cccc5[nH]cc(c45)C[C@@H]3N(C)C2)O[C@]2(O)[C@@H]3CCCN3C(=O)[C@H](Cc3ccccc3)N2C1=O.CS(=O)(=O)O. The van der Waals surface area contributed by atoms with Gasteiger partial charge in [-0.15, -0.1) is 0 Å². The zero-order chi connectivity index (χ0) is 35.7. The van der Waals surface area contributed by atoms with E-state index in [0.717, 1.165) is 17.5 Å². The van der Waals surface area contributed by atoms with E-state index in [-0.39, 0.29) is 30.2 Å². The van der Waals surface area contributed by atoms with E-state index < -0.39 is 51.6 Å². The van der Waals surface area contributed by atoms with Crippen LogP contribution in [0.15, 0.2) is 54.7 Å². The molecule has 0 radical (unpaired) electrons. The Morgan fingerprint density at radius 2 is 1.86 bits per heavy atom. The molecule has 4 N–H and O–H groups in total. The van der Waals surface area contributed by atoms with Crippen molar-refractivity contribution in [1.82, 2.24) is 25.0 Å². The molecular weight excluding hydrogens is 662 g/mol. The Morgan fingerprint density at radius 1 is 1.14 bits per heavy atom. The van der Waals surface area contributed by atoms with E-state index in [1.165, 1.54) is 21.4 Å². The van der Waals surface area contributed by atoms with Crippen LogP contribution in [-0.4, -0.2) is 112 Å². The Morgan fingerprint density at radius 3 is 2.56 bits per heavy atom. The fraction of sp³-hybridized carbons (Fsp3) is 0.528. The molecule has 0 bridgehead atoms. The van der Waals surface area contributed by atoms with Gasteiger partial charge in [0.25, 0.3) is 21.9 Å². The van der Waals surface area contributed by atoms with Crippen molar-refractivity contribution >= 4 is 38.7 Å². The lowest BCUT2D eigenvalue weighted by molar-refractivity contribution is -0.321. The minimum atomic E-state index is -3.67. The monoisotopic (exact) mass is 707 g/mol. The number of hydrogen-bond acceptors (Lipinski definition) is 8. The molecule has 4 saturated heterocycles. The fourth-order valence-corrected chi connectivity index (χ4v) is 8.99. The number of hydrogen-bond donors (Lipinski definition) is 4. The van der Waals surface area contributed by atoms with Crippen molar-refractivity contribution in [2.24, 2.45) is 11.8 Å². The number of H-pyrrole nitrogens is 1. The first-order valence-electron chi connectivity index (χ1n) is 17.3. The average Bonchev–Trinajstić information content (AvgIpc) is 3.77. The maximum atomic E-state index is 14.6. The molecule has 0 unspecified atom stereocenters. The van der Waals surface area contributed by atoms with Gasteiger partial charge in [0.15, 0.2) is 0 Å². The number of fused-ring (bicyclic) bond motifs is 5. The van der Waals surface area contributed by atoms with Crippen molar-refractivity contribution < 1.29 is 37.2 Å². The van der Waals surface area contributed by atoms with E-state index in [4.69, 9.17) is 9.29 Å². The number of ether oxygens (including phenoxy) is 1. The number of carbonyl (C=O) groups excluding carboxylic acids is 3. The highest BCUT2D eigenvalue weighted by atomic mass is 32.2. The third-order valence-corrected chi connectivity index (χ3v) is 11.2. The Balaban J connectivity index is 0.000000734. The largest absolute Gasteiger partial charge is 0.361 e. The summed E-state index contributed by atoms with van der Waals surface area (Å²) < 4.78 is 32.4. The van der Waals surface area contributed by atoms with Gasteiger partial charge in [-0.1, -0.05) is 56.3 Å². The molecule has 5 aliphatic rings. The number of piperazine rings is 1. The molecule has 13 nitrogen and oxygen atoms in total. The smallest absolute Gasteiger partial charge is 0.281 e. The van der Waals surface area contributed by atoms with Crippen LogP contribution in [-0.2, 0) is 42.1 Å². The van der Waals surface area contributed by atoms with Gasteiger partial charge < -0.3 is 25.2 Å². The lowest BCUT2D eigenvalue weighted by atomic mass is 9.72. The average molecular weight is 708 g/mol. The molecule has 0 saturated carbocycles. The first-order chi connectivity index (χ1) is 23.6. The second-order valence-corrected chi connectivity index (χ2v) is 16.2. The van der Waals surface area contributed by atoms with Gasteiger partial charge in [0.1, 0.15) is 12.1 Å². The van der Waals surface area contributed by atoms with Crippen molar-refractivity contribution in [1.29, 1.82) is 0 Å². The lowest BCUT2D eigenvalue weighted by Gasteiger charge is -2.48. The molecule has 14 heteroatoms. The highest BCUT2D eigenvalue weighted by Gasteiger charge is 2.72. The van der Waals surface area contributed by atoms with Gasteiger partial charge in [-0.05, 0) is 55.5 Å². The topological polar surface area (TPSA) is 173 Å². The number of amides is 3. The fourth-order valence-electron chi connectivity index (χ4n) is 8.99. The summed E-state index contributed by atoms with van der Waals surface area (Å²) in [4.78, 5) is 51.4. The first-order valence-corrected chi connectivity index (χ1v) is 19.1. The summed E-state index contributed by atoms with van der Waals surface area (Å²) >= 11 is 0. The van der Waals surface area contributed by atoms with Gasteiger partial charge in [-0.2, -0.15) is 8.42 Å². The molecular formula is C36H45N5O8S. The standard InChI is InChI=1S/C35H41N5O5.CH4O3S/c1-20(2)34(37-31(41)23-16-25-24-11-7-12-26-30(24)22(18-36-26)17-27(25)38(3)19-23)33(43)40-28(15-21-9-5-4-6-10-21)32(42)39-14-8-13-29(39)35(40,44)45-34;1-5(2,3)4/h4-7,9-12,18,20,23,25,27-29,36,44H,8,13-17,19H2,1-3H3,(H,37,41);1H3,(H,2,3,4)/t23-,25-,27-,28-,29-,34-,35+;/m0./s1. The van der Waals surface area contributed by atoms with E-state index >= 15 is 0 Å². The molecule has 2 aromatic carbocycles. The van der Waals surface area contributed by atoms with Crippen molar-refractivity contribution in [3.8, 4) is 0 Å². The van der Waals surface area contributed by atoms with Crippen LogP contribution >= 0.6 is 0 Å². The molecule has 7 atom stereocenters. The summed E-state index contributed by atoms with van der Waals surface area (Å²) in [7, 11) is -1.60. The summed E-state index contributed by atoms with van der Waals surface area (Å²) in [6.45, 7) is 4.68. The number of carbonyl (C=O) groups is 3. The molecule has 5 heterocycles. The number of likely N-dealkylation sites (N-methyl/N-ethyl adjacent to an activating group) is 1. The molecule has 1 aromatic heterocycles. The van der Waals surface area contributed by atoms with Gasteiger partial charge in [-0.25, -0.2) is 0 Å². The second kappa shape index (κ2) is 12.4. The predicted octanol–water partition coefficient (Wildman–Crippen LogP) is 2.22. The summed E-state index contributed by atoms with van der Waals surface area (Å²) in [6, 6.07) is 14.5. The normalized spacial score (nSPS) is 32.0. The van der Waals surface area contributed by atoms with Gasteiger partial charge in [0.05, 0.1) is 12.2 Å². The minimum absolute atomic E-state index is 0.164. The number of aliphatic hydroxyl groups is 1. The Labute approximate surface area is 291 Å². The maximum absolute atomic E-state index is 14.6. The second-order valence-electron chi connectivity index (χ2n) is 14.8. The number of rotatable bonds is 5. The van der Waals surface area contributed by atoms with E-state index in [1.54, 1.807) is 4.90 Å². The summed E-state index contributed by atoms with van der Waals surface area (Å²) in [5.41, 5.74) is 2.75. The first kappa shape index (κ1) is 34.6. The van der Waals surface area contributed by atoms with Crippen LogP contribution in [0.2, 0.25) is 0 Å². The zero-order valence-electron chi connectivity index (χ0n) is 28.7. The van der Waals surface area contributed by atoms with Gasteiger partial charge in [0.2, 0.25) is 17.5 Å². The predicted molar refractivity (Wildman–Crippen MR) is 184 cm³/mol. The van der Waals surface area contributed by atoms with Gasteiger partial charge in [0, 0.05) is 54.5 Å². The number of aromatic nitrogens is 1. The minimum Gasteiger partial charge on any atom is -0.361 e. The third-order valence-electron chi connectivity index (χ3n) is 11.2. The molecule has 4 aliphatic heterocycles. The zero-order valence-corrected chi connectivity index (χ0v) is 29.5. The number of likely N-dealkylation sites (tertiary alicyclic amines) is 1. The number of nitrogens with one attached hydrogen (secondary N) is 2. The summed E-state index contributed by atoms with van der Waals surface area (Å²) in [6.07, 6.45) is 5.84.